The van der Waals surface area contributed by atoms with Gasteiger partial charge < -0.3 is 20.9 Å². The van der Waals surface area contributed by atoms with Crippen molar-refractivity contribution in [3.63, 3.8) is 0 Å². The number of carbonyl (C=O) groups excluding carboxylic acids is 1. The number of rotatable bonds is 8. The fourth-order valence-electron chi connectivity index (χ4n) is 3.37. The highest BCUT2D eigenvalue weighted by molar-refractivity contribution is 7.89. The monoisotopic (exact) mass is 533 g/mol. The summed E-state index contributed by atoms with van der Waals surface area (Å²) in [5, 5.41) is 1.14. The third-order valence-electron chi connectivity index (χ3n) is 4.91. The van der Waals surface area contributed by atoms with E-state index in [0.717, 1.165) is 4.31 Å². The van der Waals surface area contributed by atoms with E-state index in [4.69, 9.17) is 32.5 Å². The van der Waals surface area contributed by atoms with E-state index in [2.05, 4.69) is 9.98 Å². The largest absolute Gasteiger partial charge is 0.497 e. The molecule has 12 heteroatoms. The number of carbonyl (C=O) groups is 1. The number of nitrogens with two attached hydrogens (primary N) is 2. The lowest BCUT2D eigenvalue weighted by atomic mass is 10.1. The quantitative estimate of drug-likeness (QED) is 0.254. The third-order valence-corrected chi connectivity index (χ3v) is 6.99. The Labute approximate surface area is 214 Å². The summed E-state index contributed by atoms with van der Waals surface area (Å²) in [7, 11) is -2.66. The van der Waals surface area contributed by atoms with Crippen molar-refractivity contribution < 1.29 is 22.7 Å². The molecule has 2 aromatic carbocycles. The Balaban J connectivity index is 2.08. The van der Waals surface area contributed by atoms with Gasteiger partial charge in [0, 0.05) is 23.5 Å². The fraction of sp³-hybridized carbons (Fsp3) is 0.292. The van der Waals surface area contributed by atoms with Gasteiger partial charge in [0.2, 0.25) is 10.0 Å². The van der Waals surface area contributed by atoms with Crippen LogP contribution < -0.4 is 16.2 Å². The SMILES string of the molecule is COc1ccc(CN(CC(=O)OC(C)(C)C)S(=O)(=O)c2ccc3c(Cl)cnc(N=C(N)N)c3c2)cc1. The highest BCUT2D eigenvalue weighted by Gasteiger charge is 2.30. The zero-order valence-corrected chi connectivity index (χ0v) is 21.9. The number of sulfonamides is 1. The van der Waals surface area contributed by atoms with Crippen molar-refractivity contribution in [3.8, 4) is 5.75 Å². The highest BCUT2D eigenvalue weighted by Crippen LogP contribution is 2.32. The lowest BCUT2D eigenvalue weighted by Gasteiger charge is -2.25. The maximum atomic E-state index is 13.8. The fourth-order valence-corrected chi connectivity index (χ4v) is 4.99. The summed E-state index contributed by atoms with van der Waals surface area (Å²) in [6, 6.07) is 11.2. The number of aliphatic imine (C=N–C) groups is 1. The van der Waals surface area contributed by atoms with Crippen LogP contribution in [0.25, 0.3) is 10.8 Å². The van der Waals surface area contributed by atoms with Crippen molar-refractivity contribution in [2.75, 3.05) is 13.7 Å². The standard InChI is InChI=1S/C24H28ClN5O5S/c1-24(2,3)35-21(31)14-30(13-15-5-7-16(34-4)8-6-15)36(32,33)17-9-10-18-19(11-17)22(29-23(26)27)28-12-20(18)25/h5-12H,13-14H2,1-4H3,(H4,26,27,28,29). The Morgan fingerprint density at radius 1 is 1.11 bits per heavy atom. The summed E-state index contributed by atoms with van der Waals surface area (Å²) in [5.41, 5.74) is 10.9. The molecule has 10 nitrogen and oxygen atoms in total. The maximum absolute atomic E-state index is 13.8. The normalized spacial score (nSPS) is 11.9. The average Bonchev–Trinajstić information content (AvgIpc) is 2.79. The number of hydrogen-bond donors (Lipinski definition) is 2. The van der Waals surface area contributed by atoms with E-state index in [1.165, 1.54) is 31.5 Å². The van der Waals surface area contributed by atoms with Gasteiger partial charge in [0.15, 0.2) is 11.8 Å². The predicted molar refractivity (Wildman–Crippen MR) is 139 cm³/mol. The van der Waals surface area contributed by atoms with Crippen LogP contribution in [0.15, 0.2) is 58.5 Å². The molecule has 36 heavy (non-hydrogen) atoms. The van der Waals surface area contributed by atoms with E-state index < -0.39 is 28.1 Å². The van der Waals surface area contributed by atoms with Gasteiger partial charge in [-0.3, -0.25) is 4.79 Å². The smallest absolute Gasteiger partial charge is 0.321 e. The molecule has 0 aliphatic rings. The van der Waals surface area contributed by atoms with E-state index in [0.29, 0.717) is 27.1 Å². The zero-order chi connectivity index (χ0) is 26.7. The molecule has 3 aromatic rings. The molecule has 0 atom stereocenters. The second-order valence-electron chi connectivity index (χ2n) is 8.88. The van der Waals surface area contributed by atoms with Crippen LogP contribution in [0, 0.1) is 0 Å². The zero-order valence-electron chi connectivity index (χ0n) is 20.4. The summed E-state index contributed by atoms with van der Waals surface area (Å²) in [5.74, 6) is -0.205. The number of aromatic nitrogens is 1. The van der Waals surface area contributed by atoms with Crippen LogP contribution in [0.4, 0.5) is 5.82 Å². The Bertz CT molecular complexity index is 1400. The molecule has 0 spiro atoms. The Hall–Kier alpha value is -3.41. The molecule has 0 saturated heterocycles. The minimum Gasteiger partial charge on any atom is -0.497 e. The van der Waals surface area contributed by atoms with E-state index >= 15 is 0 Å². The molecule has 192 valence electrons. The van der Waals surface area contributed by atoms with Crippen LogP contribution in [0.1, 0.15) is 26.3 Å². The van der Waals surface area contributed by atoms with E-state index in [9.17, 15) is 13.2 Å². The molecule has 0 aliphatic carbocycles. The first-order chi connectivity index (χ1) is 16.8. The van der Waals surface area contributed by atoms with Crippen molar-refractivity contribution in [2.45, 2.75) is 37.8 Å². The number of ether oxygens (including phenoxy) is 2. The first-order valence-electron chi connectivity index (χ1n) is 10.8. The van der Waals surface area contributed by atoms with E-state index in [-0.39, 0.29) is 23.2 Å². The number of nitrogens with zero attached hydrogens (tertiary/aromatic N) is 3. The minimum absolute atomic E-state index is 0.0852. The van der Waals surface area contributed by atoms with Crippen molar-refractivity contribution in [1.29, 1.82) is 0 Å². The Kier molecular flexibility index (Phi) is 8.07. The highest BCUT2D eigenvalue weighted by atomic mass is 35.5. The number of halogens is 1. The summed E-state index contributed by atoms with van der Waals surface area (Å²) in [6.07, 6.45) is 1.37. The molecule has 1 aromatic heterocycles. The number of esters is 1. The number of benzene rings is 2. The van der Waals surface area contributed by atoms with Crippen molar-refractivity contribution in [3.05, 3.63) is 59.2 Å². The number of fused-ring (bicyclic) bond motifs is 1. The first kappa shape index (κ1) is 27.2. The number of hydrogen-bond acceptors (Lipinski definition) is 7. The molecule has 0 aliphatic heterocycles. The predicted octanol–water partition coefficient (Wildman–Crippen LogP) is 3.33. The number of methoxy groups -OCH3 is 1. The van der Waals surface area contributed by atoms with Gasteiger partial charge >= 0.3 is 5.97 Å². The Morgan fingerprint density at radius 2 is 1.78 bits per heavy atom. The van der Waals surface area contributed by atoms with Gasteiger partial charge in [0.05, 0.1) is 17.0 Å². The van der Waals surface area contributed by atoms with Crippen LogP contribution in [-0.2, 0) is 26.1 Å². The van der Waals surface area contributed by atoms with Crippen LogP contribution in [-0.4, -0.2) is 48.9 Å². The van der Waals surface area contributed by atoms with Gasteiger partial charge in [0.25, 0.3) is 0 Å². The summed E-state index contributed by atoms with van der Waals surface area (Å²) in [6.45, 7) is 4.53. The first-order valence-corrected chi connectivity index (χ1v) is 12.6. The minimum atomic E-state index is -4.20. The maximum Gasteiger partial charge on any atom is 0.321 e. The van der Waals surface area contributed by atoms with Gasteiger partial charge in [-0.1, -0.05) is 29.8 Å². The molecule has 0 amide bonds. The van der Waals surface area contributed by atoms with Gasteiger partial charge in [-0.15, -0.1) is 0 Å². The van der Waals surface area contributed by atoms with Crippen molar-refractivity contribution in [2.24, 2.45) is 16.5 Å². The molecular weight excluding hydrogens is 506 g/mol. The lowest BCUT2D eigenvalue weighted by molar-refractivity contribution is -0.155. The summed E-state index contributed by atoms with van der Waals surface area (Å²) in [4.78, 5) is 20.6. The molecule has 0 bridgehead atoms. The van der Waals surface area contributed by atoms with Crippen LogP contribution in [0.2, 0.25) is 5.02 Å². The second kappa shape index (κ2) is 10.7. The van der Waals surface area contributed by atoms with Crippen LogP contribution in [0.3, 0.4) is 0 Å². The van der Waals surface area contributed by atoms with Crippen molar-refractivity contribution in [1.82, 2.24) is 9.29 Å². The molecular formula is C24H28ClN5O5S. The third kappa shape index (κ3) is 6.62. The molecule has 0 unspecified atom stereocenters. The summed E-state index contributed by atoms with van der Waals surface area (Å²) < 4.78 is 39.2. The summed E-state index contributed by atoms with van der Waals surface area (Å²) >= 11 is 6.25. The molecule has 0 radical (unpaired) electrons. The second-order valence-corrected chi connectivity index (χ2v) is 11.2. The molecule has 3 rings (SSSR count). The molecule has 4 N–H and O–H groups in total. The molecule has 0 saturated carbocycles. The lowest BCUT2D eigenvalue weighted by Crippen LogP contribution is -2.38. The number of pyridine rings is 1. The molecule has 1 heterocycles. The van der Waals surface area contributed by atoms with Gasteiger partial charge in [-0.05, 0) is 50.6 Å². The number of guanidine groups is 1. The molecule has 0 fully saturated rings. The van der Waals surface area contributed by atoms with Crippen molar-refractivity contribution >= 4 is 50.1 Å². The van der Waals surface area contributed by atoms with E-state index in [1.807, 2.05) is 0 Å². The van der Waals surface area contributed by atoms with Gasteiger partial charge in [-0.2, -0.15) is 9.30 Å². The van der Waals surface area contributed by atoms with Crippen LogP contribution in [0.5, 0.6) is 5.75 Å². The van der Waals surface area contributed by atoms with E-state index in [1.54, 1.807) is 45.0 Å². The van der Waals surface area contributed by atoms with Gasteiger partial charge in [-0.25, -0.2) is 13.4 Å². The topological polar surface area (TPSA) is 150 Å². The van der Waals surface area contributed by atoms with Crippen LogP contribution >= 0.6 is 11.6 Å². The Morgan fingerprint density at radius 3 is 2.36 bits per heavy atom. The van der Waals surface area contributed by atoms with Gasteiger partial charge in [0.1, 0.15) is 17.9 Å². The average molecular weight is 534 g/mol.